The largest absolute Gasteiger partial charge is 0.420 e. The lowest BCUT2D eigenvalue weighted by Gasteiger charge is -2.29. The van der Waals surface area contributed by atoms with Gasteiger partial charge in [-0.05, 0) is 60.0 Å². The van der Waals surface area contributed by atoms with E-state index in [9.17, 15) is 12.8 Å². The minimum atomic E-state index is -3.57. The molecule has 4 aromatic rings. The molecule has 5 rings (SSSR count). The molecule has 8 heteroatoms. The first-order chi connectivity index (χ1) is 15.0. The van der Waals surface area contributed by atoms with Gasteiger partial charge in [0, 0.05) is 24.6 Å². The van der Waals surface area contributed by atoms with E-state index in [1.807, 2.05) is 30.3 Å². The third-order valence-corrected chi connectivity index (χ3v) is 7.59. The van der Waals surface area contributed by atoms with Crippen LogP contribution in [0.2, 0.25) is 0 Å². The highest BCUT2D eigenvalue weighted by atomic mass is 32.2. The van der Waals surface area contributed by atoms with Crippen LogP contribution in [0, 0.1) is 5.82 Å². The van der Waals surface area contributed by atoms with E-state index >= 15 is 0 Å². The van der Waals surface area contributed by atoms with E-state index in [4.69, 9.17) is 4.42 Å². The highest BCUT2D eigenvalue weighted by Crippen LogP contribution is 2.32. The van der Waals surface area contributed by atoms with Gasteiger partial charge in [-0.15, -0.1) is 10.2 Å². The van der Waals surface area contributed by atoms with Crippen molar-refractivity contribution < 1.29 is 17.2 Å². The van der Waals surface area contributed by atoms with Crippen LogP contribution in [-0.4, -0.2) is 36.0 Å². The molecule has 0 amide bonds. The van der Waals surface area contributed by atoms with E-state index in [0.717, 1.165) is 10.8 Å². The van der Waals surface area contributed by atoms with Crippen molar-refractivity contribution in [3.8, 4) is 11.5 Å². The topological polar surface area (TPSA) is 76.3 Å². The number of hydrogen-bond donors (Lipinski definition) is 0. The van der Waals surface area contributed by atoms with Gasteiger partial charge in [0.15, 0.2) is 0 Å². The molecular weight excluding hydrogens is 417 g/mol. The first-order valence-corrected chi connectivity index (χ1v) is 11.5. The Morgan fingerprint density at radius 2 is 1.61 bits per heavy atom. The zero-order chi connectivity index (χ0) is 21.4. The number of piperidine rings is 1. The van der Waals surface area contributed by atoms with Crippen LogP contribution < -0.4 is 0 Å². The van der Waals surface area contributed by atoms with Gasteiger partial charge in [0.25, 0.3) is 0 Å². The van der Waals surface area contributed by atoms with Crippen molar-refractivity contribution in [3.05, 3.63) is 78.4 Å². The fourth-order valence-corrected chi connectivity index (χ4v) is 5.43. The van der Waals surface area contributed by atoms with Gasteiger partial charge in [-0.3, -0.25) is 0 Å². The number of nitrogens with zero attached hydrogens (tertiary/aromatic N) is 3. The molecule has 0 atom stereocenters. The van der Waals surface area contributed by atoms with Gasteiger partial charge in [0.05, 0.1) is 4.90 Å². The van der Waals surface area contributed by atoms with Gasteiger partial charge >= 0.3 is 0 Å². The first kappa shape index (κ1) is 19.8. The van der Waals surface area contributed by atoms with E-state index in [2.05, 4.69) is 10.2 Å². The zero-order valence-electron chi connectivity index (χ0n) is 16.6. The van der Waals surface area contributed by atoms with E-state index in [1.54, 1.807) is 24.3 Å². The minimum absolute atomic E-state index is 0.00949. The number of fused-ring (bicyclic) bond motifs is 1. The number of hydrogen-bond acceptors (Lipinski definition) is 5. The van der Waals surface area contributed by atoms with Crippen LogP contribution in [0.5, 0.6) is 0 Å². The summed E-state index contributed by atoms with van der Waals surface area (Å²) in [6.07, 6.45) is 1.19. The Kier molecular flexibility index (Phi) is 5.03. The van der Waals surface area contributed by atoms with Crippen LogP contribution in [0.3, 0.4) is 0 Å². The predicted octanol–water partition coefficient (Wildman–Crippen LogP) is 4.60. The summed E-state index contributed by atoms with van der Waals surface area (Å²) in [4.78, 5) is 0.307. The molecular formula is C23H20FN3O3S. The molecule has 0 bridgehead atoms. The lowest BCUT2D eigenvalue weighted by molar-refractivity contribution is 0.291. The summed E-state index contributed by atoms with van der Waals surface area (Å²) < 4.78 is 46.7. The maximum absolute atomic E-state index is 13.1. The van der Waals surface area contributed by atoms with Gasteiger partial charge in [0.2, 0.25) is 21.8 Å². The number of halogens is 1. The monoisotopic (exact) mass is 437 g/mol. The Morgan fingerprint density at radius 3 is 2.35 bits per heavy atom. The Balaban J connectivity index is 1.30. The SMILES string of the molecule is O=S(=O)(c1ccc2ccccc2c1)N1CCC(c2nnc(-c3ccc(F)cc3)o2)CC1. The van der Waals surface area contributed by atoms with Crippen molar-refractivity contribution in [3.63, 3.8) is 0 Å². The van der Waals surface area contributed by atoms with Crippen molar-refractivity contribution in [2.75, 3.05) is 13.1 Å². The fourth-order valence-electron chi connectivity index (χ4n) is 3.93. The summed E-state index contributed by atoms with van der Waals surface area (Å²) >= 11 is 0. The second kappa shape index (κ2) is 7.86. The number of benzene rings is 3. The van der Waals surface area contributed by atoms with Crippen LogP contribution in [0.1, 0.15) is 24.7 Å². The van der Waals surface area contributed by atoms with E-state index in [0.29, 0.717) is 48.2 Å². The lowest BCUT2D eigenvalue weighted by atomic mass is 9.98. The number of aromatic nitrogens is 2. The summed E-state index contributed by atoms with van der Waals surface area (Å²) in [6.45, 7) is 0.766. The molecule has 2 heterocycles. The normalized spacial score (nSPS) is 16.0. The van der Waals surface area contributed by atoms with Crippen LogP contribution in [0.25, 0.3) is 22.2 Å². The van der Waals surface area contributed by atoms with Gasteiger partial charge in [-0.25, -0.2) is 12.8 Å². The number of sulfonamides is 1. The Hall–Kier alpha value is -3.10. The summed E-state index contributed by atoms with van der Waals surface area (Å²) in [7, 11) is -3.57. The van der Waals surface area contributed by atoms with E-state index in [-0.39, 0.29) is 11.7 Å². The summed E-state index contributed by atoms with van der Waals surface area (Å²) in [5.74, 6) is 0.483. The van der Waals surface area contributed by atoms with Gasteiger partial charge < -0.3 is 4.42 Å². The van der Waals surface area contributed by atoms with Crippen LogP contribution in [0.15, 0.2) is 76.0 Å². The lowest BCUT2D eigenvalue weighted by Crippen LogP contribution is -2.37. The molecule has 0 spiro atoms. The second-order valence-corrected chi connectivity index (χ2v) is 9.58. The smallest absolute Gasteiger partial charge is 0.247 e. The van der Waals surface area contributed by atoms with Gasteiger partial charge in [-0.1, -0.05) is 30.3 Å². The maximum atomic E-state index is 13.1. The van der Waals surface area contributed by atoms with Crippen molar-refractivity contribution >= 4 is 20.8 Å². The average Bonchev–Trinajstić information content (AvgIpc) is 3.29. The second-order valence-electron chi connectivity index (χ2n) is 7.64. The zero-order valence-corrected chi connectivity index (χ0v) is 17.4. The van der Waals surface area contributed by atoms with Crippen molar-refractivity contribution in [1.82, 2.24) is 14.5 Å². The predicted molar refractivity (Wildman–Crippen MR) is 114 cm³/mol. The van der Waals surface area contributed by atoms with Crippen molar-refractivity contribution in [1.29, 1.82) is 0 Å². The Labute approximate surface area is 179 Å². The molecule has 0 unspecified atom stereocenters. The average molecular weight is 437 g/mol. The standard InChI is InChI=1S/C23H20FN3O3S/c24-20-8-5-17(6-9-20)22-25-26-23(30-22)18-11-13-27(14-12-18)31(28,29)21-10-7-16-3-1-2-4-19(16)15-21/h1-10,15,18H,11-14H2. The molecule has 0 aliphatic carbocycles. The maximum Gasteiger partial charge on any atom is 0.247 e. The van der Waals surface area contributed by atoms with Crippen LogP contribution >= 0.6 is 0 Å². The highest BCUT2D eigenvalue weighted by molar-refractivity contribution is 7.89. The molecule has 1 saturated heterocycles. The summed E-state index contributed by atoms with van der Waals surface area (Å²) in [5, 5.41) is 10.1. The Morgan fingerprint density at radius 1 is 0.903 bits per heavy atom. The molecule has 158 valence electrons. The summed E-state index contributed by atoms with van der Waals surface area (Å²) in [6, 6.07) is 18.8. The molecule has 1 aliphatic rings. The van der Waals surface area contributed by atoms with E-state index in [1.165, 1.54) is 16.4 Å². The van der Waals surface area contributed by atoms with Crippen LogP contribution in [-0.2, 0) is 10.0 Å². The highest BCUT2D eigenvalue weighted by Gasteiger charge is 2.32. The quantitative estimate of drug-likeness (QED) is 0.466. The number of rotatable bonds is 4. The summed E-state index contributed by atoms with van der Waals surface area (Å²) in [5.41, 5.74) is 0.650. The third-order valence-electron chi connectivity index (χ3n) is 5.69. The molecule has 31 heavy (non-hydrogen) atoms. The van der Waals surface area contributed by atoms with Crippen molar-refractivity contribution in [2.45, 2.75) is 23.7 Å². The third kappa shape index (κ3) is 3.84. The van der Waals surface area contributed by atoms with Crippen molar-refractivity contribution in [2.24, 2.45) is 0 Å². The fraction of sp³-hybridized carbons (Fsp3) is 0.217. The molecule has 6 nitrogen and oxygen atoms in total. The van der Waals surface area contributed by atoms with E-state index < -0.39 is 10.0 Å². The molecule has 0 N–H and O–H groups in total. The van der Waals surface area contributed by atoms with Crippen LogP contribution in [0.4, 0.5) is 4.39 Å². The first-order valence-electron chi connectivity index (χ1n) is 10.1. The molecule has 1 aliphatic heterocycles. The molecule has 0 saturated carbocycles. The molecule has 0 radical (unpaired) electrons. The Bertz CT molecular complexity index is 1330. The molecule has 3 aromatic carbocycles. The minimum Gasteiger partial charge on any atom is -0.420 e. The molecule has 1 aromatic heterocycles. The molecule has 1 fully saturated rings. The van der Waals surface area contributed by atoms with Gasteiger partial charge in [-0.2, -0.15) is 4.31 Å². The van der Waals surface area contributed by atoms with Gasteiger partial charge in [0.1, 0.15) is 5.82 Å².